The zero-order chi connectivity index (χ0) is 17.8. The van der Waals surface area contributed by atoms with Crippen LogP contribution in [-0.2, 0) is 16.1 Å². The fourth-order valence-electron chi connectivity index (χ4n) is 3.26. The third kappa shape index (κ3) is 4.18. The number of nitrogens with two attached hydrogens (primary N) is 1. The quantitative estimate of drug-likeness (QED) is 0.908. The van der Waals surface area contributed by atoms with Gasteiger partial charge in [-0.25, -0.2) is 0 Å². The first-order valence-corrected chi connectivity index (χ1v) is 8.46. The number of methoxy groups -OCH3 is 1. The number of hydrogen-bond donors (Lipinski definition) is 1. The lowest BCUT2D eigenvalue weighted by Gasteiger charge is -2.35. The first-order valence-electron chi connectivity index (χ1n) is 8.46. The van der Waals surface area contributed by atoms with Crippen molar-refractivity contribution >= 4 is 5.91 Å². The highest BCUT2D eigenvalue weighted by Gasteiger charge is 2.28. The molecule has 0 unspecified atom stereocenters. The summed E-state index contributed by atoms with van der Waals surface area (Å²) in [5.41, 5.74) is 8.78. The maximum absolute atomic E-state index is 11.4. The first kappa shape index (κ1) is 17.5. The summed E-state index contributed by atoms with van der Waals surface area (Å²) in [6.07, 6.45) is -0.532. The van der Waals surface area contributed by atoms with Crippen molar-refractivity contribution in [2.75, 3.05) is 20.2 Å². The Balaban J connectivity index is 1.71. The van der Waals surface area contributed by atoms with Crippen molar-refractivity contribution in [3.8, 4) is 16.9 Å². The molecule has 0 aromatic heterocycles. The molecule has 2 atom stereocenters. The molecule has 5 heteroatoms. The SMILES string of the molecule is COc1ccccc1-c1ccc(CN2C[C@@H](C)O[C@@H](C(N)=O)C2)cc1. The molecule has 0 saturated carbocycles. The van der Waals surface area contributed by atoms with Crippen LogP contribution in [0.1, 0.15) is 12.5 Å². The third-order valence-electron chi connectivity index (χ3n) is 4.43. The van der Waals surface area contributed by atoms with Crippen molar-refractivity contribution in [2.45, 2.75) is 25.7 Å². The average molecular weight is 340 g/mol. The van der Waals surface area contributed by atoms with Crippen LogP contribution in [0.3, 0.4) is 0 Å². The monoisotopic (exact) mass is 340 g/mol. The Hall–Kier alpha value is -2.37. The predicted molar refractivity (Wildman–Crippen MR) is 97.2 cm³/mol. The molecule has 1 amide bonds. The third-order valence-corrected chi connectivity index (χ3v) is 4.43. The molecule has 132 valence electrons. The lowest BCUT2D eigenvalue weighted by molar-refractivity contribution is -0.142. The molecule has 0 spiro atoms. The van der Waals surface area contributed by atoms with E-state index >= 15 is 0 Å². The molecule has 3 rings (SSSR count). The van der Waals surface area contributed by atoms with E-state index in [4.69, 9.17) is 15.2 Å². The second-order valence-corrected chi connectivity index (χ2v) is 6.43. The van der Waals surface area contributed by atoms with Crippen LogP contribution < -0.4 is 10.5 Å². The Morgan fingerprint density at radius 3 is 2.60 bits per heavy atom. The average Bonchev–Trinajstić information content (AvgIpc) is 2.62. The van der Waals surface area contributed by atoms with Gasteiger partial charge in [0.2, 0.25) is 5.91 Å². The van der Waals surface area contributed by atoms with Gasteiger partial charge >= 0.3 is 0 Å². The largest absolute Gasteiger partial charge is 0.496 e. The van der Waals surface area contributed by atoms with Gasteiger partial charge < -0.3 is 15.2 Å². The molecule has 1 saturated heterocycles. The Morgan fingerprint density at radius 1 is 1.20 bits per heavy atom. The number of nitrogens with zero attached hydrogens (tertiary/aromatic N) is 1. The van der Waals surface area contributed by atoms with Gasteiger partial charge in [-0.05, 0) is 24.1 Å². The molecule has 0 radical (unpaired) electrons. The van der Waals surface area contributed by atoms with Crippen molar-refractivity contribution in [1.82, 2.24) is 4.90 Å². The number of rotatable bonds is 5. The molecule has 1 heterocycles. The molecule has 2 N–H and O–H groups in total. The normalized spacial score (nSPS) is 21.0. The summed E-state index contributed by atoms with van der Waals surface area (Å²) >= 11 is 0. The Bertz CT molecular complexity index is 730. The van der Waals surface area contributed by atoms with Crippen molar-refractivity contribution in [2.24, 2.45) is 5.73 Å². The molecule has 1 fully saturated rings. The summed E-state index contributed by atoms with van der Waals surface area (Å²) in [6.45, 7) is 4.06. The molecule has 25 heavy (non-hydrogen) atoms. The minimum atomic E-state index is -0.531. The van der Waals surface area contributed by atoms with Crippen molar-refractivity contribution in [3.63, 3.8) is 0 Å². The lowest BCUT2D eigenvalue weighted by Crippen LogP contribution is -2.51. The Labute approximate surface area is 148 Å². The lowest BCUT2D eigenvalue weighted by atomic mass is 10.0. The number of morpholine rings is 1. The van der Waals surface area contributed by atoms with Gasteiger partial charge in [-0.3, -0.25) is 9.69 Å². The Morgan fingerprint density at radius 2 is 1.92 bits per heavy atom. The van der Waals surface area contributed by atoms with Gasteiger partial charge in [0.15, 0.2) is 0 Å². The van der Waals surface area contributed by atoms with Crippen LogP contribution in [0.5, 0.6) is 5.75 Å². The number of carbonyl (C=O) groups is 1. The fourth-order valence-corrected chi connectivity index (χ4v) is 3.26. The summed E-state index contributed by atoms with van der Waals surface area (Å²) in [5.74, 6) is 0.463. The van der Waals surface area contributed by atoms with E-state index in [2.05, 4.69) is 35.2 Å². The first-order chi connectivity index (χ1) is 12.1. The van der Waals surface area contributed by atoms with Crippen LogP contribution in [0.25, 0.3) is 11.1 Å². The van der Waals surface area contributed by atoms with E-state index in [1.54, 1.807) is 7.11 Å². The topological polar surface area (TPSA) is 64.8 Å². The summed E-state index contributed by atoms with van der Waals surface area (Å²) in [6, 6.07) is 16.4. The van der Waals surface area contributed by atoms with E-state index in [1.807, 2.05) is 25.1 Å². The molecule has 1 aliphatic heterocycles. The Kier molecular flexibility index (Phi) is 5.36. The van der Waals surface area contributed by atoms with Gasteiger partial charge in [-0.15, -0.1) is 0 Å². The highest BCUT2D eigenvalue weighted by Crippen LogP contribution is 2.29. The van der Waals surface area contributed by atoms with Gasteiger partial charge in [0.05, 0.1) is 13.2 Å². The predicted octanol–water partition coefficient (Wildman–Crippen LogP) is 2.44. The highest BCUT2D eigenvalue weighted by molar-refractivity contribution is 5.79. The van der Waals surface area contributed by atoms with Gasteiger partial charge in [-0.1, -0.05) is 42.5 Å². The van der Waals surface area contributed by atoms with Crippen LogP contribution in [0.4, 0.5) is 0 Å². The van der Waals surface area contributed by atoms with Crippen molar-refractivity contribution in [1.29, 1.82) is 0 Å². The van der Waals surface area contributed by atoms with E-state index < -0.39 is 12.0 Å². The van der Waals surface area contributed by atoms with E-state index in [9.17, 15) is 4.79 Å². The smallest absolute Gasteiger partial charge is 0.247 e. The van der Waals surface area contributed by atoms with Crippen molar-refractivity contribution < 1.29 is 14.3 Å². The van der Waals surface area contributed by atoms with Crippen LogP contribution in [-0.4, -0.2) is 43.2 Å². The minimum Gasteiger partial charge on any atom is -0.496 e. The number of hydrogen-bond acceptors (Lipinski definition) is 4. The van der Waals surface area contributed by atoms with Gasteiger partial charge in [0, 0.05) is 25.2 Å². The van der Waals surface area contributed by atoms with Crippen molar-refractivity contribution in [3.05, 3.63) is 54.1 Å². The number of benzene rings is 2. The van der Waals surface area contributed by atoms with Crippen LogP contribution >= 0.6 is 0 Å². The van der Waals surface area contributed by atoms with Gasteiger partial charge in [0.25, 0.3) is 0 Å². The van der Waals surface area contributed by atoms with Crippen LogP contribution in [0, 0.1) is 0 Å². The summed E-state index contributed by atoms with van der Waals surface area (Å²) in [7, 11) is 1.68. The molecule has 0 aliphatic carbocycles. The number of ether oxygens (including phenoxy) is 2. The van der Waals surface area contributed by atoms with Crippen LogP contribution in [0.15, 0.2) is 48.5 Å². The number of carbonyl (C=O) groups excluding carboxylic acids is 1. The van der Waals surface area contributed by atoms with Crippen LogP contribution in [0.2, 0.25) is 0 Å². The van der Waals surface area contributed by atoms with E-state index in [1.165, 1.54) is 5.56 Å². The minimum absolute atomic E-state index is 0.000830. The second-order valence-electron chi connectivity index (χ2n) is 6.43. The number of primary amides is 1. The van der Waals surface area contributed by atoms with Gasteiger partial charge in [0.1, 0.15) is 11.9 Å². The van der Waals surface area contributed by atoms with E-state index in [0.29, 0.717) is 6.54 Å². The summed E-state index contributed by atoms with van der Waals surface area (Å²) in [5, 5.41) is 0. The maximum Gasteiger partial charge on any atom is 0.247 e. The molecule has 1 aliphatic rings. The molecular formula is C20H24N2O3. The number of amides is 1. The fraction of sp³-hybridized carbons (Fsp3) is 0.350. The maximum atomic E-state index is 11.4. The zero-order valence-electron chi connectivity index (χ0n) is 14.6. The molecule has 2 aromatic rings. The summed E-state index contributed by atoms with van der Waals surface area (Å²) < 4.78 is 11.0. The zero-order valence-corrected chi connectivity index (χ0v) is 14.6. The molecule has 5 nitrogen and oxygen atoms in total. The standard InChI is InChI=1S/C20H24N2O3/c1-14-11-22(13-19(25-14)20(21)23)12-15-7-9-16(10-8-15)17-5-3-4-6-18(17)24-2/h3-10,14,19H,11-13H2,1-2H3,(H2,21,23)/t14-,19-/m1/s1. The molecular weight excluding hydrogens is 316 g/mol. The summed E-state index contributed by atoms with van der Waals surface area (Å²) in [4.78, 5) is 13.6. The molecule has 0 bridgehead atoms. The van der Waals surface area contributed by atoms with E-state index in [-0.39, 0.29) is 6.10 Å². The second kappa shape index (κ2) is 7.68. The highest BCUT2D eigenvalue weighted by atomic mass is 16.5. The van der Waals surface area contributed by atoms with Gasteiger partial charge in [-0.2, -0.15) is 0 Å². The molecule has 2 aromatic carbocycles. The van der Waals surface area contributed by atoms with E-state index in [0.717, 1.165) is 30.0 Å². The number of para-hydroxylation sites is 1.